The Morgan fingerprint density at radius 3 is 2.25 bits per heavy atom. The third kappa shape index (κ3) is 2.64. The van der Waals surface area contributed by atoms with E-state index in [2.05, 4.69) is 0 Å². The van der Waals surface area contributed by atoms with Gasteiger partial charge in [0.2, 0.25) is 0 Å². The van der Waals surface area contributed by atoms with Gasteiger partial charge >= 0.3 is 0 Å². The summed E-state index contributed by atoms with van der Waals surface area (Å²) in [6, 6.07) is 7.77. The van der Waals surface area contributed by atoms with Gasteiger partial charge in [-0.2, -0.15) is 0 Å². The van der Waals surface area contributed by atoms with Crippen molar-refractivity contribution in [1.82, 2.24) is 0 Å². The summed E-state index contributed by atoms with van der Waals surface area (Å²) in [6.45, 7) is 3.47. The van der Waals surface area contributed by atoms with Crippen LogP contribution in [0.15, 0.2) is 24.3 Å². The van der Waals surface area contributed by atoms with E-state index in [-0.39, 0.29) is 6.61 Å². The lowest BCUT2D eigenvalue weighted by Crippen LogP contribution is -1.92. The van der Waals surface area contributed by atoms with Gasteiger partial charge in [0.15, 0.2) is 0 Å². The van der Waals surface area contributed by atoms with Crippen LogP contribution in [0, 0.1) is 0 Å². The number of rotatable bonds is 4. The first-order chi connectivity index (χ1) is 5.86. The minimum atomic E-state index is 0.106. The van der Waals surface area contributed by atoms with E-state index in [1.807, 2.05) is 31.2 Å². The Bertz CT molecular complexity index is 216. The van der Waals surface area contributed by atoms with Crippen LogP contribution in [0.2, 0.25) is 0 Å². The van der Waals surface area contributed by atoms with Crippen LogP contribution in [0.25, 0.3) is 0 Å². The smallest absolute Gasteiger partial charge is 0.0716 e. The largest absolute Gasteiger partial charge is 0.392 e. The van der Waals surface area contributed by atoms with E-state index in [4.69, 9.17) is 9.84 Å². The van der Waals surface area contributed by atoms with Crippen molar-refractivity contribution in [2.24, 2.45) is 0 Å². The predicted molar refractivity (Wildman–Crippen MR) is 47.7 cm³/mol. The molecule has 0 radical (unpaired) electrons. The molecule has 2 heteroatoms. The zero-order chi connectivity index (χ0) is 8.81. The lowest BCUT2D eigenvalue weighted by Gasteiger charge is -2.01. The number of hydrogen-bond donors (Lipinski definition) is 1. The molecule has 0 unspecified atom stereocenters. The highest BCUT2D eigenvalue weighted by molar-refractivity contribution is 5.21. The van der Waals surface area contributed by atoms with Crippen LogP contribution < -0.4 is 0 Å². The van der Waals surface area contributed by atoms with Gasteiger partial charge in [-0.25, -0.2) is 0 Å². The maximum absolute atomic E-state index is 8.77. The minimum Gasteiger partial charge on any atom is -0.392 e. The van der Waals surface area contributed by atoms with Crippen molar-refractivity contribution in [1.29, 1.82) is 0 Å². The maximum atomic E-state index is 8.77. The summed E-state index contributed by atoms with van der Waals surface area (Å²) < 4.78 is 5.23. The first-order valence-electron chi connectivity index (χ1n) is 4.13. The van der Waals surface area contributed by atoms with Crippen LogP contribution in [-0.4, -0.2) is 11.7 Å². The van der Waals surface area contributed by atoms with Gasteiger partial charge in [-0.15, -0.1) is 0 Å². The van der Waals surface area contributed by atoms with Crippen molar-refractivity contribution in [3.8, 4) is 0 Å². The fourth-order valence-corrected chi connectivity index (χ4v) is 0.961. The fraction of sp³-hybridized carbons (Fsp3) is 0.400. The number of aliphatic hydroxyl groups is 1. The molecule has 0 heterocycles. The molecule has 1 rings (SSSR count). The second-order valence-electron chi connectivity index (χ2n) is 2.61. The average molecular weight is 166 g/mol. The van der Waals surface area contributed by atoms with Crippen LogP contribution in [0.3, 0.4) is 0 Å². The van der Waals surface area contributed by atoms with Crippen molar-refractivity contribution >= 4 is 0 Å². The molecule has 0 amide bonds. The Kier molecular flexibility index (Phi) is 3.77. The second kappa shape index (κ2) is 4.91. The summed E-state index contributed by atoms with van der Waals surface area (Å²) in [5.74, 6) is 0. The molecule has 1 N–H and O–H groups in total. The van der Waals surface area contributed by atoms with Gasteiger partial charge in [0.25, 0.3) is 0 Å². The van der Waals surface area contributed by atoms with E-state index in [9.17, 15) is 0 Å². The Hall–Kier alpha value is -0.860. The summed E-state index contributed by atoms with van der Waals surface area (Å²) in [5, 5.41) is 8.77. The highest BCUT2D eigenvalue weighted by Gasteiger charge is 1.92. The highest BCUT2D eigenvalue weighted by Crippen LogP contribution is 2.05. The molecule has 0 aliphatic heterocycles. The highest BCUT2D eigenvalue weighted by atomic mass is 16.5. The van der Waals surface area contributed by atoms with Gasteiger partial charge in [0.1, 0.15) is 0 Å². The molecule has 1 aromatic rings. The van der Waals surface area contributed by atoms with Gasteiger partial charge in [-0.05, 0) is 18.1 Å². The Morgan fingerprint density at radius 2 is 1.75 bits per heavy atom. The summed E-state index contributed by atoms with van der Waals surface area (Å²) in [7, 11) is 0. The van der Waals surface area contributed by atoms with Crippen molar-refractivity contribution in [2.45, 2.75) is 20.1 Å². The van der Waals surface area contributed by atoms with Crippen LogP contribution in [0.4, 0.5) is 0 Å². The minimum absolute atomic E-state index is 0.106. The van der Waals surface area contributed by atoms with Crippen LogP contribution in [0.1, 0.15) is 18.1 Å². The Balaban J connectivity index is 2.53. The molecule has 0 saturated carbocycles. The van der Waals surface area contributed by atoms with Crippen LogP contribution in [-0.2, 0) is 18.0 Å². The number of aliphatic hydroxyl groups excluding tert-OH is 1. The van der Waals surface area contributed by atoms with Crippen LogP contribution in [0.5, 0.6) is 0 Å². The summed E-state index contributed by atoms with van der Waals surface area (Å²) in [4.78, 5) is 0. The van der Waals surface area contributed by atoms with Crippen LogP contribution >= 0.6 is 0 Å². The first kappa shape index (κ1) is 9.23. The molecule has 2 nitrogen and oxygen atoms in total. The third-order valence-corrected chi connectivity index (χ3v) is 1.68. The SMILES string of the molecule is CCOCc1ccc(CO)cc1. The molecule has 0 bridgehead atoms. The van der Waals surface area contributed by atoms with E-state index < -0.39 is 0 Å². The quantitative estimate of drug-likeness (QED) is 0.738. The summed E-state index contributed by atoms with van der Waals surface area (Å²) in [5.41, 5.74) is 2.09. The lowest BCUT2D eigenvalue weighted by molar-refractivity contribution is 0.134. The molecular formula is C10H14O2. The van der Waals surface area contributed by atoms with Gasteiger partial charge < -0.3 is 9.84 Å². The maximum Gasteiger partial charge on any atom is 0.0716 e. The fourth-order valence-electron chi connectivity index (χ4n) is 0.961. The molecule has 0 atom stereocenters. The average Bonchev–Trinajstić information content (AvgIpc) is 2.15. The Morgan fingerprint density at radius 1 is 1.17 bits per heavy atom. The van der Waals surface area contributed by atoms with Crippen molar-refractivity contribution in [2.75, 3.05) is 6.61 Å². The summed E-state index contributed by atoms with van der Waals surface area (Å²) in [6.07, 6.45) is 0. The topological polar surface area (TPSA) is 29.5 Å². The van der Waals surface area contributed by atoms with E-state index in [0.717, 1.165) is 17.7 Å². The number of hydrogen-bond acceptors (Lipinski definition) is 2. The van der Waals surface area contributed by atoms with Crippen molar-refractivity contribution < 1.29 is 9.84 Å². The molecule has 0 aromatic heterocycles. The molecule has 0 aliphatic carbocycles. The normalized spacial score (nSPS) is 10.2. The molecule has 0 saturated heterocycles. The molecule has 1 aromatic carbocycles. The zero-order valence-electron chi connectivity index (χ0n) is 7.29. The summed E-state index contributed by atoms with van der Waals surface area (Å²) >= 11 is 0. The standard InChI is InChI=1S/C10H14O2/c1-2-12-8-10-5-3-9(7-11)4-6-10/h3-6,11H,2,7-8H2,1H3. The van der Waals surface area contributed by atoms with E-state index in [0.29, 0.717) is 6.61 Å². The lowest BCUT2D eigenvalue weighted by atomic mass is 10.1. The van der Waals surface area contributed by atoms with Gasteiger partial charge in [0, 0.05) is 6.61 Å². The third-order valence-electron chi connectivity index (χ3n) is 1.68. The van der Waals surface area contributed by atoms with Gasteiger partial charge in [-0.1, -0.05) is 24.3 Å². The first-order valence-corrected chi connectivity index (χ1v) is 4.13. The molecule has 12 heavy (non-hydrogen) atoms. The molecule has 0 fully saturated rings. The van der Waals surface area contributed by atoms with E-state index in [1.165, 1.54) is 0 Å². The molecule has 0 spiro atoms. The van der Waals surface area contributed by atoms with E-state index in [1.54, 1.807) is 0 Å². The number of benzene rings is 1. The van der Waals surface area contributed by atoms with Gasteiger partial charge in [-0.3, -0.25) is 0 Å². The predicted octanol–water partition coefficient (Wildman–Crippen LogP) is 1.72. The van der Waals surface area contributed by atoms with Crippen molar-refractivity contribution in [3.05, 3.63) is 35.4 Å². The molecule has 0 aliphatic rings. The number of ether oxygens (including phenoxy) is 1. The molecular weight excluding hydrogens is 152 g/mol. The monoisotopic (exact) mass is 166 g/mol. The molecule has 66 valence electrons. The zero-order valence-corrected chi connectivity index (χ0v) is 7.29. The van der Waals surface area contributed by atoms with Crippen molar-refractivity contribution in [3.63, 3.8) is 0 Å². The van der Waals surface area contributed by atoms with E-state index >= 15 is 0 Å². The Labute approximate surface area is 72.8 Å². The second-order valence-corrected chi connectivity index (χ2v) is 2.61. The van der Waals surface area contributed by atoms with Gasteiger partial charge in [0.05, 0.1) is 13.2 Å².